The average Bonchev–Trinajstić information content (AvgIpc) is 2.56. The van der Waals surface area contributed by atoms with Crippen molar-refractivity contribution in [2.24, 2.45) is 0 Å². The number of hydrogen-bond acceptors (Lipinski definition) is 2. The molecule has 0 saturated carbocycles. The monoisotopic (exact) mass is 258 g/mol. The minimum absolute atomic E-state index is 0.281. The first-order chi connectivity index (χ1) is 6.22. The number of aldehydes is 1. The van der Waals surface area contributed by atoms with E-state index in [-0.39, 0.29) is 5.82 Å². The van der Waals surface area contributed by atoms with Crippen LogP contribution in [0.25, 0.3) is 10.1 Å². The van der Waals surface area contributed by atoms with E-state index in [4.69, 9.17) is 0 Å². The van der Waals surface area contributed by atoms with E-state index in [0.29, 0.717) is 9.58 Å². The Kier molecular flexibility index (Phi) is 2.17. The van der Waals surface area contributed by atoms with E-state index in [1.165, 1.54) is 6.07 Å². The Morgan fingerprint density at radius 1 is 1.46 bits per heavy atom. The van der Waals surface area contributed by atoms with Crippen molar-refractivity contribution < 1.29 is 9.18 Å². The lowest BCUT2D eigenvalue weighted by Gasteiger charge is -1.93. The molecule has 0 radical (unpaired) electrons. The van der Waals surface area contributed by atoms with E-state index in [1.807, 2.05) is 0 Å². The van der Waals surface area contributed by atoms with Gasteiger partial charge in [-0.15, -0.1) is 11.3 Å². The van der Waals surface area contributed by atoms with Crippen LogP contribution in [0.5, 0.6) is 0 Å². The molecule has 0 bridgehead atoms. The van der Waals surface area contributed by atoms with Crippen LogP contribution < -0.4 is 0 Å². The van der Waals surface area contributed by atoms with Gasteiger partial charge in [0.15, 0.2) is 6.29 Å². The Balaban J connectivity index is 2.87. The minimum atomic E-state index is -0.281. The van der Waals surface area contributed by atoms with Crippen LogP contribution >= 0.6 is 27.3 Å². The van der Waals surface area contributed by atoms with Gasteiger partial charge < -0.3 is 0 Å². The molecule has 1 aromatic heterocycles. The first-order valence-corrected chi connectivity index (χ1v) is 5.16. The van der Waals surface area contributed by atoms with Crippen LogP contribution in [0, 0.1) is 5.82 Å². The van der Waals surface area contributed by atoms with Crippen molar-refractivity contribution in [3.05, 3.63) is 33.4 Å². The van der Waals surface area contributed by atoms with Crippen molar-refractivity contribution in [3.63, 3.8) is 0 Å². The molecule has 0 fully saturated rings. The summed E-state index contributed by atoms with van der Waals surface area (Å²) in [5.41, 5.74) is 0. The SMILES string of the molecule is O=Cc1cc2c(Br)ccc(F)c2s1. The van der Waals surface area contributed by atoms with Crippen LogP contribution in [-0.4, -0.2) is 6.29 Å². The van der Waals surface area contributed by atoms with Gasteiger partial charge in [0, 0.05) is 9.86 Å². The molecule has 2 rings (SSSR count). The van der Waals surface area contributed by atoms with E-state index in [9.17, 15) is 9.18 Å². The summed E-state index contributed by atoms with van der Waals surface area (Å²) in [5.74, 6) is -0.281. The van der Waals surface area contributed by atoms with Crippen LogP contribution in [0.15, 0.2) is 22.7 Å². The van der Waals surface area contributed by atoms with Gasteiger partial charge in [-0.25, -0.2) is 4.39 Å². The summed E-state index contributed by atoms with van der Waals surface area (Å²) in [6.45, 7) is 0. The van der Waals surface area contributed by atoms with Gasteiger partial charge in [0.1, 0.15) is 5.82 Å². The van der Waals surface area contributed by atoms with Crippen molar-refractivity contribution in [1.29, 1.82) is 0 Å². The highest BCUT2D eigenvalue weighted by molar-refractivity contribution is 9.10. The Morgan fingerprint density at radius 2 is 2.23 bits per heavy atom. The van der Waals surface area contributed by atoms with Crippen LogP contribution in [0.2, 0.25) is 0 Å². The molecular formula is C9H4BrFOS. The number of carbonyl (C=O) groups excluding carboxylic acids is 1. The second-order valence-corrected chi connectivity index (χ2v) is 4.48. The standard InChI is InChI=1S/C9H4BrFOS/c10-7-1-2-8(11)9-6(7)3-5(4-12)13-9/h1-4H. The first kappa shape index (κ1) is 8.84. The third-order valence-electron chi connectivity index (χ3n) is 1.72. The lowest BCUT2D eigenvalue weighted by Crippen LogP contribution is -1.73. The van der Waals surface area contributed by atoms with Crippen molar-refractivity contribution >= 4 is 43.6 Å². The van der Waals surface area contributed by atoms with Crippen molar-refractivity contribution in [2.45, 2.75) is 0 Å². The first-order valence-electron chi connectivity index (χ1n) is 3.55. The molecule has 1 nitrogen and oxygen atoms in total. The molecule has 66 valence electrons. The molecule has 13 heavy (non-hydrogen) atoms. The van der Waals surface area contributed by atoms with Crippen LogP contribution in [0.1, 0.15) is 9.67 Å². The van der Waals surface area contributed by atoms with E-state index in [1.54, 1.807) is 12.1 Å². The van der Waals surface area contributed by atoms with Gasteiger partial charge in [0.05, 0.1) is 9.58 Å². The second kappa shape index (κ2) is 3.20. The van der Waals surface area contributed by atoms with E-state index in [0.717, 1.165) is 27.5 Å². The Labute approximate surface area is 86.3 Å². The van der Waals surface area contributed by atoms with Gasteiger partial charge in [-0.05, 0) is 18.2 Å². The van der Waals surface area contributed by atoms with E-state index in [2.05, 4.69) is 15.9 Å². The molecule has 1 heterocycles. The fourth-order valence-corrected chi connectivity index (χ4v) is 2.62. The van der Waals surface area contributed by atoms with Gasteiger partial charge >= 0.3 is 0 Å². The Morgan fingerprint density at radius 3 is 2.85 bits per heavy atom. The fraction of sp³-hybridized carbons (Fsp3) is 0. The second-order valence-electron chi connectivity index (χ2n) is 2.54. The number of halogens is 2. The zero-order valence-corrected chi connectivity index (χ0v) is 8.78. The highest BCUT2D eigenvalue weighted by Crippen LogP contribution is 2.32. The Bertz CT molecular complexity index is 439. The maximum absolute atomic E-state index is 13.2. The molecule has 0 unspecified atom stereocenters. The van der Waals surface area contributed by atoms with Gasteiger partial charge in [0.25, 0.3) is 0 Å². The quantitative estimate of drug-likeness (QED) is 0.715. The summed E-state index contributed by atoms with van der Waals surface area (Å²) >= 11 is 4.46. The number of fused-ring (bicyclic) bond motifs is 1. The molecule has 0 aliphatic rings. The van der Waals surface area contributed by atoms with Crippen molar-refractivity contribution in [3.8, 4) is 0 Å². The number of benzene rings is 1. The highest BCUT2D eigenvalue weighted by Gasteiger charge is 2.08. The molecule has 0 aliphatic heterocycles. The number of hydrogen-bond donors (Lipinski definition) is 0. The molecule has 0 saturated heterocycles. The normalized spacial score (nSPS) is 10.6. The average molecular weight is 259 g/mol. The predicted molar refractivity (Wildman–Crippen MR) is 54.9 cm³/mol. The van der Waals surface area contributed by atoms with Crippen molar-refractivity contribution in [1.82, 2.24) is 0 Å². The van der Waals surface area contributed by atoms with Crippen molar-refractivity contribution in [2.75, 3.05) is 0 Å². The topological polar surface area (TPSA) is 17.1 Å². The summed E-state index contributed by atoms with van der Waals surface area (Å²) in [4.78, 5) is 11.0. The summed E-state index contributed by atoms with van der Waals surface area (Å²) in [5, 5.41) is 0.757. The maximum atomic E-state index is 13.2. The zero-order valence-electron chi connectivity index (χ0n) is 6.38. The largest absolute Gasteiger partial charge is 0.297 e. The summed E-state index contributed by atoms with van der Waals surface area (Å²) < 4.78 is 14.5. The maximum Gasteiger partial charge on any atom is 0.160 e. The molecule has 0 aliphatic carbocycles. The lowest BCUT2D eigenvalue weighted by atomic mass is 10.2. The third-order valence-corrected chi connectivity index (χ3v) is 3.48. The lowest BCUT2D eigenvalue weighted by molar-refractivity contribution is 0.112. The molecule has 4 heteroatoms. The van der Waals surface area contributed by atoms with Crippen LogP contribution in [-0.2, 0) is 0 Å². The smallest absolute Gasteiger partial charge is 0.160 e. The van der Waals surface area contributed by atoms with E-state index >= 15 is 0 Å². The fourth-order valence-electron chi connectivity index (χ4n) is 1.13. The summed E-state index contributed by atoms with van der Waals surface area (Å²) in [7, 11) is 0. The minimum Gasteiger partial charge on any atom is -0.297 e. The van der Waals surface area contributed by atoms with Gasteiger partial charge in [-0.2, -0.15) is 0 Å². The predicted octanol–water partition coefficient (Wildman–Crippen LogP) is 3.62. The molecule has 1 aromatic carbocycles. The van der Waals surface area contributed by atoms with Gasteiger partial charge in [-0.1, -0.05) is 15.9 Å². The van der Waals surface area contributed by atoms with Crippen LogP contribution in [0.3, 0.4) is 0 Å². The molecule has 0 spiro atoms. The molecule has 2 aromatic rings. The van der Waals surface area contributed by atoms with Crippen LogP contribution in [0.4, 0.5) is 4.39 Å². The van der Waals surface area contributed by atoms with E-state index < -0.39 is 0 Å². The van der Waals surface area contributed by atoms with Gasteiger partial charge in [-0.3, -0.25) is 4.79 Å². The molecule has 0 atom stereocenters. The number of carbonyl (C=O) groups is 1. The third kappa shape index (κ3) is 1.40. The highest BCUT2D eigenvalue weighted by atomic mass is 79.9. The number of rotatable bonds is 1. The molecular weight excluding hydrogens is 255 g/mol. The molecule has 0 N–H and O–H groups in total. The summed E-state index contributed by atoms with van der Waals surface area (Å²) in [6, 6.07) is 4.70. The summed E-state index contributed by atoms with van der Waals surface area (Å²) in [6.07, 6.45) is 0.733. The number of thiophene rings is 1. The Hall–Kier alpha value is -0.740. The zero-order chi connectivity index (χ0) is 9.42. The van der Waals surface area contributed by atoms with Gasteiger partial charge in [0.2, 0.25) is 0 Å². The molecule has 0 amide bonds.